The topological polar surface area (TPSA) is 52.6 Å². The normalized spacial score (nSPS) is 11.4. The standard InChI is InChI=1S/C16H20O4/c1-5-19-15(18)16(3,4)20-14-10-8-13(9-11-14)7-6-12(2)17/h6-11H,5H2,1-4H3. The monoisotopic (exact) mass is 276 g/mol. The van der Waals surface area contributed by atoms with E-state index < -0.39 is 11.6 Å². The van der Waals surface area contributed by atoms with Gasteiger partial charge in [-0.3, -0.25) is 4.79 Å². The highest BCUT2D eigenvalue weighted by Gasteiger charge is 2.31. The lowest BCUT2D eigenvalue weighted by atomic mass is 10.1. The zero-order valence-electron chi connectivity index (χ0n) is 12.3. The quantitative estimate of drug-likeness (QED) is 0.592. The van der Waals surface area contributed by atoms with Gasteiger partial charge in [-0.25, -0.2) is 4.79 Å². The second kappa shape index (κ2) is 6.89. The van der Waals surface area contributed by atoms with Crippen molar-refractivity contribution in [3.63, 3.8) is 0 Å². The van der Waals surface area contributed by atoms with Crippen LogP contribution in [0.3, 0.4) is 0 Å². The Hall–Kier alpha value is -2.10. The summed E-state index contributed by atoms with van der Waals surface area (Å²) in [6.45, 7) is 6.89. The first-order valence-electron chi connectivity index (χ1n) is 6.50. The maximum absolute atomic E-state index is 11.7. The van der Waals surface area contributed by atoms with Crippen molar-refractivity contribution in [2.24, 2.45) is 0 Å². The van der Waals surface area contributed by atoms with E-state index in [1.165, 1.54) is 13.0 Å². The Bertz CT molecular complexity index is 498. The second-order valence-corrected chi connectivity index (χ2v) is 4.85. The third-order valence-corrected chi connectivity index (χ3v) is 2.53. The predicted molar refractivity (Wildman–Crippen MR) is 77.5 cm³/mol. The van der Waals surface area contributed by atoms with E-state index in [1.54, 1.807) is 39.0 Å². The summed E-state index contributed by atoms with van der Waals surface area (Å²) in [4.78, 5) is 22.6. The number of allylic oxidation sites excluding steroid dienone is 1. The minimum Gasteiger partial charge on any atom is -0.476 e. The molecule has 0 radical (unpaired) electrons. The Balaban J connectivity index is 2.74. The molecule has 1 aromatic rings. The molecule has 0 spiro atoms. The van der Waals surface area contributed by atoms with Crippen LogP contribution < -0.4 is 4.74 Å². The molecular formula is C16H20O4. The van der Waals surface area contributed by atoms with Gasteiger partial charge < -0.3 is 9.47 Å². The Morgan fingerprint density at radius 2 is 1.80 bits per heavy atom. The Morgan fingerprint density at radius 3 is 2.30 bits per heavy atom. The average Bonchev–Trinajstić information content (AvgIpc) is 2.37. The largest absolute Gasteiger partial charge is 0.476 e. The second-order valence-electron chi connectivity index (χ2n) is 4.85. The van der Waals surface area contributed by atoms with Gasteiger partial charge >= 0.3 is 5.97 Å². The van der Waals surface area contributed by atoms with Crippen LogP contribution in [0.1, 0.15) is 33.3 Å². The molecule has 0 aliphatic heterocycles. The fraction of sp³-hybridized carbons (Fsp3) is 0.375. The van der Waals surface area contributed by atoms with Crippen LogP contribution in [-0.4, -0.2) is 24.0 Å². The van der Waals surface area contributed by atoms with Gasteiger partial charge in [0, 0.05) is 0 Å². The van der Waals surface area contributed by atoms with Crippen molar-refractivity contribution in [2.75, 3.05) is 6.61 Å². The minimum atomic E-state index is -1.03. The molecule has 0 fully saturated rings. The molecule has 4 heteroatoms. The lowest BCUT2D eigenvalue weighted by Gasteiger charge is -2.24. The number of hydrogen-bond donors (Lipinski definition) is 0. The highest BCUT2D eigenvalue weighted by Crippen LogP contribution is 2.20. The van der Waals surface area contributed by atoms with E-state index in [4.69, 9.17) is 9.47 Å². The fourth-order valence-electron chi connectivity index (χ4n) is 1.50. The highest BCUT2D eigenvalue weighted by atomic mass is 16.6. The van der Waals surface area contributed by atoms with E-state index in [9.17, 15) is 9.59 Å². The molecule has 0 amide bonds. The van der Waals surface area contributed by atoms with Gasteiger partial charge in [0.05, 0.1) is 6.61 Å². The molecule has 0 atom stereocenters. The molecular weight excluding hydrogens is 256 g/mol. The first kappa shape index (κ1) is 16.0. The van der Waals surface area contributed by atoms with Crippen molar-refractivity contribution >= 4 is 17.8 Å². The Kier molecular flexibility index (Phi) is 5.50. The van der Waals surface area contributed by atoms with E-state index in [2.05, 4.69) is 0 Å². The molecule has 20 heavy (non-hydrogen) atoms. The summed E-state index contributed by atoms with van der Waals surface area (Å²) in [7, 11) is 0. The molecule has 108 valence electrons. The predicted octanol–water partition coefficient (Wildman–Crippen LogP) is 3.01. The number of benzene rings is 1. The summed E-state index contributed by atoms with van der Waals surface area (Å²) in [6.07, 6.45) is 3.22. The van der Waals surface area contributed by atoms with Crippen LogP contribution in [0.2, 0.25) is 0 Å². The Labute approximate surface area is 119 Å². The summed E-state index contributed by atoms with van der Waals surface area (Å²) >= 11 is 0. The van der Waals surface area contributed by atoms with Gasteiger partial charge in [-0.1, -0.05) is 18.2 Å². The van der Waals surface area contributed by atoms with Gasteiger partial charge in [0.2, 0.25) is 0 Å². The lowest BCUT2D eigenvalue weighted by molar-refractivity contribution is -0.158. The molecule has 0 heterocycles. The maximum Gasteiger partial charge on any atom is 0.349 e. The number of hydrogen-bond acceptors (Lipinski definition) is 4. The molecule has 1 rings (SSSR count). The first-order chi connectivity index (χ1) is 9.35. The third kappa shape index (κ3) is 4.88. The van der Waals surface area contributed by atoms with Crippen LogP contribution in [0.5, 0.6) is 5.75 Å². The zero-order valence-corrected chi connectivity index (χ0v) is 12.3. The first-order valence-corrected chi connectivity index (χ1v) is 6.50. The molecule has 0 unspecified atom stereocenters. The van der Waals surface area contributed by atoms with Crippen molar-refractivity contribution in [1.82, 2.24) is 0 Å². The van der Waals surface area contributed by atoms with Crippen LogP contribution in [0.4, 0.5) is 0 Å². The minimum absolute atomic E-state index is 0.00577. The molecule has 0 bridgehead atoms. The van der Waals surface area contributed by atoms with Crippen LogP contribution in [0.25, 0.3) is 6.08 Å². The van der Waals surface area contributed by atoms with Gasteiger partial charge in [-0.15, -0.1) is 0 Å². The van der Waals surface area contributed by atoms with E-state index in [1.807, 2.05) is 12.1 Å². The number of ketones is 1. The van der Waals surface area contributed by atoms with Crippen molar-refractivity contribution in [1.29, 1.82) is 0 Å². The van der Waals surface area contributed by atoms with Crippen molar-refractivity contribution in [3.8, 4) is 5.75 Å². The van der Waals surface area contributed by atoms with Crippen LogP contribution in [0.15, 0.2) is 30.3 Å². The van der Waals surface area contributed by atoms with Crippen molar-refractivity contribution in [3.05, 3.63) is 35.9 Å². The van der Waals surface area contributed by atoms with Crippen LogP contribution in [-0.2, 0) is 14.3 Å². The fourth-order valence-corrected chi connectivity index (χ4v) is 1.50. The van der Waals surface area contributed by atoms with E-state index in [0.29, 0.717) is 12.4 Å². The zero-order chi connectivity index (χ0) is 15.2. The number of esters is 1. The molecule has 0 N–H and O–H groups in total. The molecule has 0 aromatic heterocycles. The van der Waals surface area contributed by atoms with Crippen molar-refractivity contribution in [2.45, 2.75) is 33.3 Å². The number of carbonyl (C=O) groups is 2. The summed E-state index contributed by atoms with van der Waals surface area (Å²) in [5.74, 6) is 0.164. The van der Waals surface area contributed by atoms with Gasteiger partial charge in [0.25, 0.3) is 0 Å². The number of ether oxygens (including phenoxy) is 2. The summed E-state index contributed by atoms with van der Waals surface area (Å²) < 4.78 is 10.6. The molecule has 0 saturated carbocycles. The van der Waals surface area contributed by atoms with Gasteiger partial charge in [0.15, 0.2) is 11.4 Å². The van der Waals surface area contributed by atoms with E-state index >= 15 is 0 Å². The molecule has 1 aromatic carbocycles. The molecule has 4 nitrogen and oxygen atoms in total. The van der Waals surface area contributed by atoms with Gasteiger partial charge in [-0.2, -0.15) is 0 Å². The molecule has 0 aliphatic carbocycles. The van der Waals surface area contributed by atoms with E-state index in [-0.39, 0.29) is 5.78 Å². The van der Waals surface area contributed by atoms with Crippen LogP contribution in [0, 0.1) is 0 Å². The maximum atomic E-state index is 11.7. The Morgan fingerprint density at radius 1 is 1.20 bits per heavy atom. The summed E-state index contributed by atoms with van der Waals surface area (Å²) in [6, 6.07) is 7.13. The number of rotatable bonds is 6. The number of carbonyl (C=O) groups excluding carboxylic acids is 2. The molecule has 0 aliphatic rings. The SMILES string of the molecule is CCOC(=O)C(C)(C)Oc1ccc(C=CC(C)=O)cc1. The smallest absolute Gasteiger partial charge is 0.349 e. The van der Waals surface area contributed by atoms with E-state index in [0.717, 1.165) is 5.56 Å². The van der Waals surface area contributed by atoms with Crippen LogP contribution >= 0.6 is 0 Å². The third-order valence-electron chi connectivity index (χ3n) is 2.53. The lowest BCUT2D eigenvalue weighted by Crippen LogP contribution is -2.39. The highest BCUT2D eigenvalue weighted by molar-refractivity contribution is 5.91. The average molecular weight is 276 g/mol. The van der Waals surface area contributed by atoms with Gasteiger partial charge in [-0.05, 0) is 51.5 Å². The summed E-state index contributed by atoms with van der Waals surface area (Å²) in [5.41, 5.74) is -0.145. The van der Waals surface area contributed by atoms with Gasteiger partial charge in [0.1, 0.15) is 5.75 Å². The molecule has 0 saturated heterocycles. The summed E-state index contributed by atoms with van der Waals surface area (Å²) in [5, 5.41) is 0. The van der Waals surface area contributed by atoms with Crippen molar-refractivity contribution < 1.29 is 19.1 Å².